The Labute approximate surface area is 127 Å². The van der Waals surface area contributed by atoms with Crippen LogP contribution in [0.1, 0.15) is 0 Å². The molecular weight excluding hydrogens is 322 g/mol. The van der Waals surface area contributed by atoms with Gasteiger partial charge >= 0.3 is 5.97 Å². The van der Waals surface area contributed by atoms with Crippen molar-refractivity contribution in [1.82, 2.24) is 5.32 Å². The van der Waals surface area contributed by atoms with Crippen molar-refractivity contribution < 1.29 is 27.8 Å². The van der Waals surface area contributed by atoms with E-state index in [0.29, 0.717) is 5.75 Å². The van der Waals surface area contributed by atoms with Gasteiger partial charge in [-0.3, -0.25) is 0 Å². The van der Waals surface area contributed by atoms with Crippen LogP contribution in [0, 0.1) is 0 Å². The second-order valence-corrected chi connectivity index (χ2v) is 6.37. The molecule has 0 saturated heterocycles. The number of carbonyl (C=O) groups is 1. The van der Waals surface area contributed by atoms with Crippen molar-refractivity contribution in [1.29, 1.82) is 0 Å². The lowest BCUT2D eigenvalue weighted by molar-refractivity contribution is -0.142. The van der Waals surface area contributed by atoms with Gasteiger partial charge in [-0.15, -0.1) is 0 Å². The van der Waals surface area contributed by atoms with Crippen LogP contribution in [0.15, 0.2) is 23.1 Å². The van der Waals surface area contributed by atoms with E-state index in [0.717, 1.165) is 0 Å². The summed E-state index contributed by atoms with van der Waals surface area (Å²) in [6, 6.07) is 4.30. The first-order valence-corrected chi connectivity index (χ1v) is 7.96. The molecule has 1 aromatic carbocycles. The number of hydrogen-bond acceptors (Lipinski definition) is 6. The van der Waals surface area contributed by atoms with Gasteiger partial charge in [-0.05, 0) is 12.1 Å². The first kappa shape index (κ1) is 17.7. The van der Waals surface area contributed by atoms with Gasteiger partial charge < -0.3 is 19.9 Å². The van der Waals surface area contributed by atoms with Crippen molar-refractivity contribution in [3.05, 3.63) is 23.2 Å². The number of hydrogen-bond donors (Lipinski definition) is 2. The lowest BCUT2D eigenvalue weighted by Crippen LogP contribution is -2.27. The average Bonchev–Trinajstić information content (AvgIpc) is 2.41. The van der Waals surface area contributed by atoms with Crippen LogP contribution in [0.3, 0.4) is 0 Å². The third-order valence-corrected chi connectivity index (χ3v) is 4.45. The smallest absolute Gasteiger partial charge is 0.329 e. The van der Waals surface area contributed by atoms with Crippen LogP contribution in [0.4, 0.5) is 0 Å². The molecule has 0 spiro atoms. The summed E-state index contributed by atoms with van der Waals surface area (Å²) >= 11 is 5.91. The quantitative estimate of drug-likeness (QED) is 0.642. The predicted octanol–water partition coefficient (Wildman–Crippen LogP) is 0.771. The molecule has 0 aliphatic rings. The number of benzene rings is 1. The molecule has 0 unspecified atom stereocenters. The van der Waals surface area contributed by atoms with E-state index >= 15 is 0 Å². The molecule has 9 heteroatoms. The topological polar surface area (TPSA) is 102 Å². The minimum absolute atomic E-state index is 0.00363. The fraction of sp³-hybridized carbons (Fsp3) is 0.417. The molecule has 2 N–H and O–H groups in total. The highest BCUT2D eigenvalue weighted by atomic mass is 35.5. The number of rotatable bonds is 9. The van der Waals surface area contributed by atoms with E-state index < -0.39 is 22.4 Å². The molecule has 0 fully saturated rings. The van der Waals surface area contributed by atoms with Crippen molar-refractivity contribution in [3.63, 3.8) is 0 Å². The Morgan fingerprint density at radius 2 is 2.14 bits per heavy atom. The molecule has 0 bridgehead atoms. The van der Waals surface area contributed by atoms with Crippen LogP contribution in [0.25, 0.3) is 0 Å². The first-order chi connectivity index (χ1) is 9.86. The van der Waals surface area contributed by atoms with Gasteiger partial charge in [0.2, 0.25) is 0 Å². The van der Waals surface area contributed by atoms with E-state index in [9.17, 15) is 13.2 Å². The van der Waals surface area contributed by atoms with Crippen LogP contribution < -0.4 is 10.1 Å². The Hall–Kier alpha value is -1.35. The summed E-state index contributed by atoms with van der Waals surface area (Å²) in [5.74, 6) is -0.934. The number of carboxylic acid groups (broad SMARTS) is 1. The van der Waals surface area contributed by atoms with E-state index in [1.807, 2.05) is 0 Å². The summed E-state index contributed by atoms with van der Waals surface area (Å²) in [5, 5.41) is 11.1. The van der Waals surface area contributed by atoms with E-state index in [1.165, 1.54) is 25.3 Å². The summed E-state index contributed by atoms with van der Waals surface area (Å²) in [4.78, 5) is 10.2. The monoisotopic (exact) mass is 337 g/mol. The average molecular weight is 338 g/mol. The number of nitrogens with one attached hydrogen (secondary N) is 1. The second-order valence-electron chi connectivity index (χ2n) is 4.00. The van der Waals surface area contributed by atoms with Crippen LogP contribution >= 0.6 is 11.6 Å². The Balaban J connectivity index is 2.52. The van der Waals surface area contributed by atoms with Gasteiger partial charge in [0, 0.05) is 12.6 Å². The highest BCUT2D eigenvalue weighted by Gasteiger charge is 2.18. The maximum Gasteiger partial charge on any atom is 0.329 e. The lowest BCUT2D eigenvalue weighted by Gasteiger charge is -2.09. The van der Waals surface area contributed by atoms with Crippen molar-refractivity contribution in [2.24, 2.45) is 0 Å². The highest BCUT2D eigenvalue weighted by molar-refractivity contribution is 7.91. The molecule has 1 rings (SSSR count). The van der Waals surface area contributed by atoms with Gasteiger partial charge in [-0.2, -0.15) is 0 Å². The third kappa shape index (κ3) is 5.88. The summed E-state index contributed by atoms with van der Waals surface area (Å²) in [7, 11) is -2.13. The van der Waals surface area contributed by atoms with Gasteiger partial charge in [-0.1, -0.05) is 11.6 Å². The van der Waals surface area contributed by atoms with Crippen LogP contribution in [0.2, 0.25) is 5.02 Å². The van der Waals surface area contributed by atoms with Crippen molar-refractivity contribution in [2.75, 3.05) is 32.7 Å². The third-order valence-electron chi connectivity index (χ3n) is 2.41. The molecule has 0 saturated carbocycles. The summed E-state index contributed by atoms with van der Waals surface area (Å²) in [6.07, 6.45) is 0. The summed E-state index contributed by atoms with van der Waals surface area (Å²) < 4.78 is 33.9. The number of halogens is 1. The van der Waals surface area contributed by atoms with E-state index in [2.05, 4.69) is 5.32 Å². The molecule has 21 heavy (non-hydrogen) atoms. The largest absolute Gasteiger partial charge is 0.497 e. The Bertz CT molecular complexity index is 589. The second kappa shape index (κ2) is 8.18. The van der Waals surface area contributed by atoms with Gasteiger partial charge in [0.15, 0.2) is 9.84 Å². The van der Waals surface area contributed by atoms with Crippen LogP contribution in [0.5, 0.6) is 5.75 Å². The van der Waals surface area contributed by atoms with E-state index in [1.54, 1.807) is 0 Å². The number of aliphatic carboxylic acids is 1. The molecule has 0 aliphatic carbocycles. The highest BCUT2D eigenvalue weighted by Crippen LogP contribution is 2.26. The van der Waals surface area contributed by atoms with Crippen molar-refractivity contribution in [3.8, 4) is 5.75 Å². The van der Waals surface area contributed by atoms with E-state index in [-0.39, 0.29) is 28.9 Å². The zero-order valence-corrected chi connectivity index (χ0v) is 12.9. The van der Waals surface area contributed by atoms with Gasteiger partial charge in [0.05, 0.1) is 23.6 Å². The lowest BCUT2D eigenvalue weighted by atomic mass is 10.3. The molecule has 7 nitrogen and oxygen atoms in total. The molecule has 0 atom stereocenters. The summed E-state index contributed by atoms with van der Waals surface area (Å²) in [5.41, 5.74) is 0. The minimum Gasteiger partial charge on any atom is -0.497 e. The zero-order valence-electron chi connectivity index (χ0n) is 11.3. The number of carboxylic acids is 1. The molecule has 0 aromatic heterocycles. The maximum absolute atomic E-state index is 12.1. The molecule has 0 heterocycles. The fourth-order valence-electron chi connectivity index (χ4n) is 1.45. The predicted molar refractivity (Wildman–Crippen MR) is 76.5 cm³/mol. The van der Waals surface area contributed by atoms with Crippen molar-refractivity contribution in [2.45, 2.75) is 4.90 Å². The first-order valence-electron chi connectivity index (χ1n) is 5.93. The Morgan fingerprint density at radius 1 is 1.43 bits per heavy atom. The number of ether oxygens (including phenoxy) is 2. The van der Waals surface area contributed by atoms with Crippen LogP contribution in [-0.2, 0) is 19.4 Å². The maximum atomic E-state index is 12.1. The molecule has 1 aromatic rings. The van der Waals surface area contributed by atoms with Gasteiger partial charge in [0.1, 0.15) is 18.2 Å². The Kier molecular flexibility index (Phi) is 6.90. The minimum atomic E-state index is -3.59. The standard InChI is InChI=1S/C12H16ClNO6S/c1-19-9-2-3-11(10(13)6-9)21(17,18)8-14-4-5-20-7-12(15)16/h2-3,6,14H,4-5,7-8H2,1H3,(H,15,16). The van der Waals surface area contributed by atoms with Gasteiger partial charge in [0.25, 0.3) is 0 Å². The number of methoxy groups -OCH3 is 1. The van der Waals surface area contributed by atoms with Crippen molar-refractivity contribution >= 4 is 27.4 Å². The molecule has 0 aliphatic heterocycles. The molecule has 0 radical (unpaired) electrons. The normalized spacial score (nSPS) is 11.3. The van der Waals surface area contributed by atoms with Gasteiger partial charge in [-0.25, -0.2) is 13.2 Å². The zero-order chi connectivity index (χ0) is 15.9. The fourth-order valence-corrected chi connectivity index (χ4v) is 3.17. The van der Waals surface area contributed by atoms with Crippen LogP contribution in [-0.4, -0.2) is 52.2 Å². The summed E-state index contributed by atoms with van der Waals surface area (Å²) in [6.45, 7) is -0.114. The number of sulfone groups is 1. The molecular formula is C12H16ClNO6S. The van der Waals surface area contributed by atoms with E-state index in [4.69, 9.17) is 26.2 Å². The Morgan fingerprint density at radius 3 is 2.71 bits per heavy atom. The molecule has 0 amide bonds. The molecule has 118 valence electrons. The SMILES string of the molecule is COc1ccc(S(=O)(=O)CNCCOCC(=O)O)c(Cl)c1.